The maximum absolute atomic E-state index is 12.7. The number of hydrogen-bond donors (Lipinski definition) is 1. The number of benzene rings is 2. The molecular weight excluding hydrogens is 428 g/mol. The van der Waals surface area contributed by atoms with Crippen LogP contribution in [-0.4, -0.2) is 37.7 Å². The molecule has 32 heavy (non-hydrogen) atoms. The lowest BCUT2D eigenvalue weighted by molar-refractivity contribution is 0.0967. The zero-order valence-electron chi connectivity index (χ0n) is 18.3. The van der Waals surface area contributed by atoms with Crippen LogP contribution in [0, 0.1) is 5.92 Å². The first kappa shape index (κ1) is 22.2. The fourth-order valence-electron chi connectivity index (χ4n) is 3.50. The number of ketones is 1. The van der Waals surface area contributed by atoms with Crippen molar-refractivity contribution >= 4 is 21.5 Å². The molecule has 0 spiro atoms. The molecule has 1 fully saturated rings. The van der Waals surface area contributed by atoms with Crippen LogP contribution >= 0.6 is 0 Å². The molecule has 0 bridgehead atoms. The van der Waals surface area contributed by atoms with Gasteiger partial charge < -0.3 is 10.2 Å². The monoisotopic (exact) mass is 454 g/mol. The number of aromatic nitrogens is 2. The number of anilines is 1. The fraction of sp³-hybridized carbons (Fsp3) is 0.348. The standard InChI is InChI=1S/C23H26N4O4S/c1-23(24,14-15-7-5-4-6-8-15)22-26-25-21(31-22)18-11-17(20(28)16-9-10-16)12-19(13-18)27(2)32(3,29)30/h4-8,11-13,16H,9-10,14,24H2,1-3H3/t23-/m0/s1. The molecule has 0 saturated heterocycles. The number of carbonyl (C=O) groups is 1. The van der Waals surface area contributed by atoms with Crippen LogP contribution in [0.4, 0.5) is 5.69 Å². The van der Waals surface area contributed by atoms with Crippen LogP contribution in [0.5, 0.6) is 0 Å². The van der Waals surface area contributed by atoms with Gasteiger partial charge >= 0.3 is 0 Å². The predicted octanol–water partition coefficient (Wildman–Crippen LogP) is 3.14. The number of nitrogens with two attached hydrogens (primary N) is 1. The number of hydrogen-bond acceptors (Lipinski definition) is 7. The van der Waals surface area contributed by atoms with Gasteiger partial charge in [-0.15, -0.1) is 10.2 Å². The van der Waals surface area contributed by atoms with Gasteiger partial charge in [-0.05, 0) is 49.9 Å². The molecule has 1 aliphatic carbocycles. The molecule has 0 amide bonds. The Labute approximate surface area is 187 Å². The second-order valence-electron chi connectivity index (χ2n) is 8.63. The Morgan fingerprint density at radius 1 is 1.19 bits per heavy atom. The normalized spacial score (nSPS) is 15.9. The summed E-state index contributed by atoms with van der Waals surface area (Å²) in [4.78, 5) is 12.7. The number of sulfonamides is 1. The fourth-order valence-corrected chi connectivity index (χ4v) is 3.99. The summed E-state index contributed by atoms with van der Waals surface area (Å²) in [6.07, 6.45) is 3.29. The zero-order valence-corrected chi connectivity index (χ0v) is 19.1. The second kappa shape index (κ2) is 8.14. The van der Waals surface area contributed by atoms with Crippen LogP contribution in [-0.2, 0) is 22.0 Å². The molecule has 1 saturated carbocycles. The summed E-state index contributed by atoms with van der Waals surface area (Å²) in [5, 5.41) is 8.29. The molecule has 0 radical (unpaired) electrons. The van der Waals surface area contributed by atoms with Crippen LogP contribution in [0.2, 0.25) is 0 Å². The van der Waals surface area contributed by atoms with Crippen molar-refractivity contribution < 1.29 is 17.6 Å². The van der Waals surface area contributed by atoms with E-state index in [0.29, 0.717) is 23.2 Å². The highest BCUT2D eigenvalue weighted by Crippen LogP contribution is 2.36. The topological polar surface area (TPSA) is 119 Å². The summed E-state index contributed by atoms with van der Waals surface area (Å²) in [6, 6.07) is 14.6. The van der Waals surface area contributed by atoms with E-state index < -0.39 is 15.6 Å². The average Bonchev–Trinajstić information content (AvgIpc) is 3.47. The Morgan fingerprint density at radius 3 is 2.50 bits per heavy atom. The van der Waals surface area contributed by atoms with E-state index in [2.05, 4.69) is 10.2 Å². The molecule has 0 aliphatic heterocycles. The van der Waals surface area contributed by atoms with Gasteiger partial charge in [-0.3, -0.25) is 9.10 Å². The van der Waals surface area contributed by atoms with Gasteiger partial charge in [0.2, 0.25) is 21.8 Å². The van der Waals surface area contributed by atoms with Crippen LogP contribution in [0.1, 0.15) is 41.6 Å². The van der Waals surface area contributed by atoms with E-state index in [-0.39, 0.29) is 23.5 Å². The van der Waals surface area contributed by atoms with E-state index in [1.165, 1.54) is 7.05 Å². The van der Waals surface area contributed by atoms with Gasteiger partial charge in [-0.1, -0.05) is 30.3 Å². The molecule has 3 aromatic rings. The molecule has 1 heterocycles. The average molecular weight is 455 g/mol. The molecular formula is C23H26N4O4S. The van der Waals surface area contributed by atoms with Gasteiger partial charge in [-0.25, -0.2) is 8.42 Å². The molecule has 0 unspecified atom stereocenters. The van der Waals surface area contributed by atoms with Gasteiger partial charge in [0, 0.05) is 24.1 Å². The van der Waals surface area contributed by atoms with Gasteiger partial charge in [0.15, 0.2) is 5.78 Å². The summed E-state index contributed by atoms with van der Waals surface area (Å²) in [6.45, 7) is 1.81. The maximum atomic E-state index is 12.7. The van der Waals surface area contributed by atoms with Crippen molar-refractivity contribution in [1.29, 1.82) is 0 Å². The smallest absolute Gasteiger partial charge is 0.247 e. The molecule has 1 aliphatic rings. The van der Waals surface area contributed by atoms with Crippen LogP contribution in [0.25, 0.3) is 11.5 Å². The van der Waals surface area contributed by atoms with E-state index in [1.807, 2.05) is 37.3 Å². The van der Waals surface area contributed by atoms with E-state index in [9.17, 15) is 13.2 Å². The maximum Gasteiger partial charge on any atom is 0.247 e. The van der Waals surface area contributed by atoms with Gasteiger partial charge in [-0.2, -0.15) is 0 Å². The lowest BCUT2D eigenvalue weighted by Crippen LogP contribution is -2.35. The number of Topliss-reactive ketones (excluding diaryl/α,β-unsaturated/α-hetero) is 1. The molecule has 1 aromatic heterocycles. The molecule has 168 valence electrons. The number of nitrogens with zero attached hydrogens (tertiary/aromatic N) is 3. The van der Waals surface area contributed by atoms with Crippen LogP contribution < -0.4 is 10.0 Å². The van der Waals surface area contributed by atoms with Gasteiger partial charge in [0.05, 0.1) is 17.5 Å². The van der Waals surface area contributed by atoms with Crippen molar-refractivity contribution in [2.24, 2.45) is 11.7 Å². The van der Waals surface area contributed by atoms with Crippen molar-refractivity contribution in [1.82, 2.24) is 10.2 Å². The molecule has 2 N–H and O–H groups in total. The third-order valence-corrected chi connectivity index (χ3v) is 6.79. The molecule has 1 atom stereocenters. The quantitative estimate of drug-likeness (QED) is 0.519. The minimum atomic E-state index is -3.52. The number of carbonyl (C=O) groups excluding carboxylic acids is 1. The Kier molecular flexibility index (Phi) is 5.64. The minimum absolute atomic E-state index is 0.0116. The Balaban J connectivity index is 1.70. The zero-order chi connectivity index (χ0) is 23.1. The van der Waals surface area contributed by atoms with E-state index in [1.54, 1.807) is 18.2 Å². The molecule has 2 aromatic carbocycles. The SMILES string of the molecule is CN(c1cc(C(=O)C2CC2)cc(-c2nnc([C@@](C)(N)Cc3ccccc3)o2)c1)S(C)(=O)=O. The van der Waals surface area contributed by atoms with Crippen molar-refractivity contribution in [3.8, 4) is 11.5 Å². The highest BCUT2D eigenvalue weighted by molar-refractivity contribution is 7.92. The number of rotatable bonds is 8. The molecule has 8 nitrogen and oxygen atoms in total. The van der Waals surface area contributed by atoms with Gasteiger partial charge in [0.25, 0.3) is 0 Å². The summed E-state index contributed by atoms with van der Waals surface area (Å²) in [7, 11) is -2.08. The highest BCUT2D eigenvalue weighted by atomic mass is 32.2. The summed E-state index contributed by atoms with van der Waals surface area (Å²) >= 11 is 0. The molecule has 4 rings (SSSR count). The van der Waals surface area contributed by atoms with Crippen molar-refractivity contribution in [2.45, 2.75) is 31.7 Å². The third-order valence-electron chi connectivity index (χ3n) is 5.59. The summed E-state index contributed by atoms with van der Waals surface area (Å²) < 4.78 is 31.2. The Hall–Kier alpha value is -3.04. The summed E-state index contributed by atoms with van der Waals surface area (Å²) in [5.74, 6) is 0.409. The van der Waals surface area contributed by atoms with Gasteiger partial charge in [0.1, 0.15) is 0 Å². The first-order valence-corrected chi connectivity index (χ1v) is 12.2. The van der Waals surface area contributed by atoms with Crippen molar-refractivity contribution in [3.63, 3.8) is 0 Å². The minimum Gasteiger partial charge on any atom is -0.419 e. The first-order chi connectivity index (χ1) is 15.0. The Bertz CT molecular complexity index is 1250. The van der Waals surface area contributed by atoms with E-state index in [0.717, 1.165) is 29.0 Å². The first-order valence-electron chi connectivity index (χ1n) is 10.3. The Morgan fingerprint density at radius 2 is 1.88 bits per heavy atom. The molecule has 9 heteroatoms. The highest BCUT2D eigenvalue weighted by Gasteiger charge is 2.32. The van der Waals surface area contributed by atoms with Crippen LogP contribution in [0.3, 0.4) is 0 Å². The van der Waals surface area contributed by atoms with Crippen LogP contribution in [0.15, 0.2) is 52.9 Å². The third kappa shape index (κ3) is 4.73. The van der Waals surface area contributed by atoms with E-state index in [4.69, 9.17) is 10.2 Å². The summed E-state index contributed by atoms with van der Waals surface area (Å²) in [5.41, 5.74) is 7.87. The van der Waals surface area contributed by atoms with E-state index >= 15 is 0 Å². The largest absolute Gasteiger partial charge is 0.419 e. The van der Waals surface area contributed by atoms with Crippen molar-refractivity contribution in [2.75, 3.05) is 17.6 Å². The predicted molar refractivity (Wildman–Crippen MR) is 122 cm³/mol. The lowest BCUT2D eigenvalue weighted by atomic mass is 9.94. The second-order valence-corrected chi connectivity index (χ2v) is 10.6. The van der Waals surface area contributed by atoms with Crippen molar-refractivity contribution in [3.05, 3.63) is 65.5 Å². The lowest BCUT2D eigenvalue weighted by Gasteiger charge is -2.20.